The average molecular weight is 159 g/mol. The molecule has 4 heteroatoms. The van der Waals surface area contributed by atoms with Crippen LogP contribution >= 0.6 is 0 Å². The van der Waals surface area contributed by atoms with Crippen molar-refractivity contribution in [2.45, 2.75) is 32.7 Å². The summed E-state index contributed by atoms with van der Waals surface area (Å²) < 4.78 is 0. The highest BCUT2D eigenvalue weighted by molar-refractivity contribution is 5.83. The molecule has 0 saturated heterocycles. The molecule has 0 saturated carbocycles. The third-order valence-electron chi connectivity index (χ3n) is 1.22. The van der Waals surface area contributed by atoms with Gasteiger partial charge in [-0.1, -0.05) is 6.92 Å². The molecule has 0 rings (SSSR count). The number of rotatable bonds is 4. The maximum Gasteiger partial charge on any atom is 0.325 e. The van der Waals surface area contributed by atoms with Gasteiger partial charge in [-0.25, -0.2) is 0 Å². The number of hydrogen-bond donors (Lipinski definition) is 2. The molecule has 0 fully saturated rings. The van der Waals surface area contributed by atoms with E-state index < -0.39 is 12.0 Å². The molecule has 0 aliphatic heterocycles. The van der Waals surface area contributed by atoms with Crippen LogP contribution in [0.1, 0.15) is 26.7 Å². The molecular formula is C7H13NO3. The monoisotopic (exact) mass is 159 g/mol. The molecule has 0 unspecified atom stereocenters. The van der Waals surface area contributed by atoms with Gasteiger partial charge in [-0.3, -0.25) is 9.59 Å². The number of hydrogen-bond acceptors (Lipinski definition) is 2. The normalized spacial score (nSPS) is 12.2. The van der Waals surface area contributed by atoms with Crippen molar-refractivity contribution in [2.75, 3.05) is 0 Å². The summed E-state index contributed by atoms with van der Waals surface area (Å²) in [7, 11) is 0. The van der Waals surface area contributed by atoms with Crippen LogP contribution in [0.3, 0.4) is 0 Å². The van der Waals surface area contributed by atoms with Crippen molar-refractivity contribution in [3.8, 4) is 0 Å². The van der Waals surface area contributed by atoms with Crippen LogP contribution in [0.15, 0.2) is 0 Å². The zero-order valence-corrected chi connectivity index (χ0v) is 6.76. The number of carboxylic acid groups (broad SMARTS) is 1. The molecule has 11 heavy (non-hydrogen) atoms. The first kappa shape index (κ1) is 9.94. The second-order valence-electron chi connectivity index (χ2n) is 2.38. The molecule has 0 bridgehead atoms. The van der Waals surface area contributed by atoms with Crippen molar-refractivity contribution in [1.82, 2.24) is 5.32 Å². The third kappa shape index (κ3) is 4.36. The van der Waals surface area contributed by atoms with Gasteiger partial charge in [-0.15, -0.1) is 0 Å². The third-order valence-corrected chi connectivity index (χ3v) is 1.22. The van der Waals surface area contributed by atoms with E-state index in [1.165, 1.54) is 6.92 Å². The van der Waals surface area contributed by atoms with E-state index in [2.05, 4.69) is 5.32 Å². The van der Waals surface area contributed by atoms with Gasteiger partial charge in [0.2, 0.25) is 5.91 Å². The van der Waals surface area contributed by atoms with Crippen LogP contribution in [0.2, 0.25) is 0 Å². The summed E-state index contributed by atoms with van der Waals surface area (Å²) in [4.78, 5) is 21.0. The SMILES string of the molecule is CCCC(=O)N[C@@H](C)C(=O)O. The fraction of sp³-hybridized carbons (Fsp3) is 0.714. The summed E-state index contributed by atoms with van der Waals surface area (Å²) in [6, 6.07) is -0.783. The lowest BCUT2D eigenvalue weighted by molar-refractivity contribution is -0.141. The molecule has 0 radical (unpaired) electrons. The van der Waals surface area contributed by atoms with E-state index in [0.29, 0.717) is 6.42 Å². The van der Waals surface area contributed by atoms with Crippen molar-refractivity contribution < 1.29 is 14.7 Å². The van der Waals surface area contributed by atoms with Crippen molar-refractivity contribution in [3.63, 3.8) is 0 Å². The van der Waals surface area contributed by atoms with Gasteiger partial charge in [-0.05, 0) is 13.3 Å². The van der Waals surface area contributed by atoms with Crippen LogP contribution in [0, 0.1) is 0 Å². The van der Waals surface area contributed by atoms with Gasteiger partial charge in [-0.2, -0.15) is 0 Å². The molecule has 64 valence electrons. The smallest absolute Gasteiger partial charge is 0.325 e. The highest BCUT2D eigenvalue weighted by Crippen LogP contribution is 1.88. The van der Waals surface area contributed by atoms with Crippen LogP contribution in [-0.4, -0.2) is 23.0 Å². The van der Waals surface area contributed by atoms with E-state index in [1.54, 1.807) is 0 Å². The fourth-order valence-electron chi connectivity index (χ4n) is 0.602. The average Bonchev–Trinajstić information content (AvgIpc) is 1.87. The molecule has 0 aromatic heterocycles. The Morgan fingerprint density at radius 2 is 2.09 bits per heavy atom. The summed E-state index contributed by atoms with van der Waals surface area (Å²) in [5.74, 6) is -1.21. The van der Waals surface area contributed by atoms with Gasteiger partial charge < -0.3 is 10.4 Å². The topological polar surface area (TPSA) is 66.4 Å². The summed E-state index contributed by atoms with van der Waals surface area (Å²) in [6.45, 7) is 3.31. The molecule has 0 aromatic carbocycles. The Bertz CT molecular complexity index is 156. The summed E-state index contributed by atoms with van der Waals surface area (Å²) in [6.07, 6.45) is 1.12. The first-order chi connectivity index (χ1) is 5.07. The Hall–Kier alpha value is -1.06. The van der Waals surface area contributed by atoms with E-state index in [-0.39, 0.29) is 5.91 Å². The Labute approximate surface area is 65.6 Å². The van der Waals surface area contributed by atoms with Crippen LogP contribution in [-0.2, 0) is 9.59 Å². The van der Waals surface area contributed by atoms with Crippen LogP contribution < -0.4 is 5.32 Å². The highest BCUT2D eigenvalue weighted by Gasteiger charge is 2.12. The Kier molecular flexibility index (Phi) is 4.26. The minimum atomic E-state index is -1.01. The number of carbonyl (C=O) groups excluding carboxylic acids is 1. The summed E-state index contributed by atoms with van der Waals surface area (Å²) >= 11 is 0. The fourth-order valence-corrected chi connectivity index (χ4v) is 0.602. The van der Waals surface area contributed by atoms with E-state index >= 15 is 0 Å². The van der Waals surface area contributed by atoms with Crippen LogP contribution in [0.5, 0.6) is 0 Å². The molecular weight excluding hydrogens is 146 g/mol. The second-order valence-corrected chi connectivity index (χ2v) is 2.38. The van der Waals surface area contributed by atoms with Crippen molar-refractivity contribution in [1.29, 1.82) is 0 Å². The lowest BCUT2D eigenvalue weighted by Crippen LogP contribution is -2.38. The van der Waals surface area contributed by atoms with Crippen molar-refractivity contribution in [2.24, 2.45) is 0 Å². The molecule has 0 aliphatic rings. The lowest BCUT2D eigenvalue weighted by Gasteiger charge is -2.07. The molecule has 2 N–H and O–H groups in total. The minimum Gasteiger partial charge on any atom is -0.480 e. The van der Waals surface area contributed by atoms with E-state index in [0.717, 1.165) is 6.42 Å². The standard InChI is InChI=1S/C7H13NO3/c1-3-4-6(9)8-5(2)7(10)11/h5H,3-4H2,1-2H3,(H,8,9)(H,10,11)/t5-/m0/s1. The minimum absolute atomic E-state index is 0.206. The predicted octanol–water partition coefficient (Wildman–Crippen LogP) is 0.376. The Balaban J connectivity index is 3.66. The molecule has 0 aliphatic carbocycles. The molecule has 0 aromatic rings. The highest BCUT2D eigenvalue weighted by atomic mass is 16.4. The quantitative estimate of drug-likeness (QED) is 0.623. The second kappa shape index (κ2) is 4.71. The van der Waals surface area contributed by atoms with Crippen molar-refractivity contribution in [3.05, 3.63) is 0 Å². The zero-order valence-electron chi connectivity index (χ0n) is 6.76. The van der Waals surface area contributed by atoms with Gasteiger partial charge in [0, 0.05) is 6.42 Å². The van der Waals surface area contributed by atoms with E-state index in [1.807, 2.05) is 6.92 Å². The first-order valence-electron chi connectivity index (χ1n) is 3.60. The van der Waals surface area contributed by atoms with Gasteiger partial charge in [0.25, 0.3) is 0 Å². The number of amides is 1. The maximum atomic E-state index is 10.8. The molecule has 0 spiro atoms. The van der Waals surface area contributed by atoms with Crippen LogP contribution in [0.25, 0.3) is 0 Å². The molecule has 1 atom stereocenters. The van der Waals surface area contributed by atoms with Gasteiger partial charge in [0.1, 0.15) is 6.04 Å². The first-order valence-corrected chi connectivity index (χ1v) is 3.60. The largest absolute Gasteiger partial charge is 0.480 e. The zero-order chi connectivity index (χ0) is 8.85. The lowest BCUT2D eigenvalue weighted by atomic mass is 10.3. The van der Waals surface area contributed by atoms with Gasteiger partial charge >= 0.3 is 5.97 Å². The van der Waals surface area contributed by atoms with E-state index in [9.17, 15) is 9.59 Å². The number of aliphatic carboxylic acids is 1. The van der Waals surface area contributed by atoms with Gasteiger partial charge in [0.05, 0.1) is 0 Å². The number of carbonyl (C=O) groups is 2. The molecule has 4 nitrogen and oxygen atoms in total. The Morgan fingerprint density at radius 3 is 2.45 bits per heavy atom. The van der Waals surface area contributed by atoms with Crippen molar-refractivity contribution >= 4 is 11.9 Å². The summed E-state index contributed by atoms with van der Waals surface area (Å²) in [5.41, 5.74) is 0. The molecule has 1 amide bonds. The Morgan fingerprint density at radius 1 is 1.55 bits per heavy atom. The van der Waals surface area contributed by atoms with Gasteiger partial charge in [0.15, 0.2) is 0 Å². The number of carboxylic acids is 1. The molecule has 0 heterocycles. The van der Waals surface area contributed by atoms with E-state index in [4.69, 9.17) is 5.11 Å². The summed E-state index contributed by atoms with van der Waals surface area (Å²) in [5, 5.41) is 10.7. The number of nitrogens with one attached hydrogen (secondary N) is 1. The maximum absolute atomic E-state index is 10.8. The van der Waals surface area contributed by atoms with Crippen LogP contribution in [0.4, 0.5) is 0 Å². The predicted molar refractivity (Wildman–Crippen MR) is 40.1 cm³/mol.